The average molecular weight is 301 g/mol. The van der Waals surface area contributed by atoms with Crippen molar-refractivity contribution in [2.24, 2.45) is 0 Å². The minimum absolute atomic E-state index is 0.328. The third-order valence-corrected chi connectivity index (χ3v) is 4.11. The topological polar surface area (TPSA) is 29.1 Å². The summed E-state index contributed by atoms with van der Waals surface area (Å²) in [5.74, 6) is -0.482. The molecule has 0 unspecified atom stereocenters. The molecule has 0 saturated carbocycles. The molecule has 0 bridgehead atoms. The number of unbranched alkanes of at least 4 members (excludes halogenated alkanes) is 14. The zero-order valence-electron chi connectivity index (χ0n) is 14.1. The van der Waals surface area contributed by atoms with Crippen molar-refractivity contribution in [3.8, 4) is 0 Å². The van der Waals surface area contributed by atoms with E-state index in [9.17, 15) is 9.28 Å². The second-order valence-electron chi connectivity index (χ2n) is 6.22. The molecule has 3 heteroatoms. The van der Waals surface area contributed by atoms with Gasteiger partial charge in [-0.25, -0.2) is 0 Å². The van der Waals surface area contributed by atoms with Crippen LogP contribution in [0.4, 0.5) is 4.48 Å². The molecule has 0 atom stereocenters. The molecule has 126 valence electrons. The maximum atomic E-state index is 11.7. The molecule has 0 aliphatic heterocycles. The van der Waals surface area contributed by atoms with Crippen LogP contribution in [-0.4, -0.2) is 5.91 Å². The van der Waals surface area contributed by atoms with E-state index in [0.29, 0.717) is 6.42 Å². The van der Waals surface area contributed by atoms with Crippen molar-refractivity contribution in [2.45, 2.75) is 110 Å². The molecule has 0 aliphatic rings. The quantitative estimate of drug-likeness (QED) is 0.265. The lowest BCUT2D eigenvalue weighted by atomic mass is 10.0. The summed E-state index contributed by atoms with van der Waals surface area (Å²) in [4.78, 5) is 10.7. The van der Waals surface area contributed by atoms with E-state index in [4.69, 9.17) is 0 Å². The van der Waals surface area contributed by atoms with Gasteiger partial charge in [-0.3, -0.25) is 4.79 Å². The monoisotopic (exact) mass is 301 g/mol. The molecule has 0 radical (unpaired) electrons. The van der Waals surface area contributed by atoms with Crippen molar-refractivity contribution in [1.29, 1.82) is 0 Å². The van der Waals surface area contributed by atoms with Crippen LogP contribution in [0.1, 0.15) is 110 Å². The summed E-state index contributed by atoms with van der Waals surface area (Å²) in [6.45, 7) is 2.26. The number of hydrogen-bond acceptors (Lipinski definition) is 1. The summed E-state index contributed by atoms with van der Waals surface area (Å²) in [5, 5.41) is 0. The van der Waals surface area contributed by atoms with Crippen LogP contribution in [0, 0.1) is 0 Å². The van der Waals surface area contributed by atoms with Crippen molar-refractivity contribution < 1.29 is 9.28 Å². The molecular weight excluding hydrogens is 265 g/mol. The van der Waals surface area contributed by atoms with Crippen LogP contribution < -0.4 is 5.54 Å². The highest BCUT2D eigenvalue weighted by molar-refractivity contribution is 5.74. The average Bonchev–Trinajstić information content (AvgIpc) is 2.50. The van der Waals surface area contributed by atoms with Crippen molar-refractivity contribution >= 4 is 5.91 Å². The van der Waals surface area contributed by atoms with Gasteiger partial charge >= 0.3 is 0 Å². The molecule has 0 aromatic carbocycles. The summed E-state index contributed by atoms with van der Waals surface area (Å²) >= 11 is 0. The molecule has 0 aromatic heterocycles. The van der Waals surface area contributed by atoms with E-state index < -0.39 is 5.91 Å². The number of hydrogen-bond donors (Lipinski definition) is 1. The van der Waals surface area contributed by atoms with Gasteiger partial charge in [0, 0.05) is 6.42 Å². The lowest BCUT2D eigenvalue weighted by Crippen LogP contribution is -2.12. The number of halogens is 1. The highest BCUT2D eigenvalue weighted by Crippen LogP contribution is 2.13. The third kappa shape index (κ3) is 17.3. The Bertz CT molecular complexity index is 221. The van der Waals surface area contributed by atoms with Crippen LogP contribution >= 0.6 is 0 Å². The van der Waals surface area contributed by atoms with Gasteiger partial charge in [-0.05, 0) is 6.42 Å². The first-order chi connectivity index (χ1) is 10.3. The second-order valence-corrected chi connectivity index (χ2v) is 6.22. The van der Waals surface area contributed by atoms with Crippen LogP contribution in [0.15, 0.2) is 0 Å². The van der Waals surface area contributed by atoms with Gasteiger partial charge < -0.3 is 0 Å². The number of rotatable bonds is 16. The zero-order valence-corrected chi connectivity index (χ0v) is 14.1. The summed E-state index contributed by atoms with van der Waals surface area (Å²) in [6, 6.07) is 0. The van der Waals surface area contributed by atoms with Crippen LogP contribution in [-0.2, 0) is 4.79 Å². The first-order valence-corrected chi connectivity index (χ1v) is 9.20. The third-order valence-electron chi connectivity index (χ3n) is 4.11. The van der Waals surface area contributed by atoms with E-state index in [0.717, 1.165) is 12.8 Å². The molecule has 2 nitrogen and oxygen atoms in total. The fraction of sp³-hybridized carbons (Fsp3) is 0.944. The van der Waals surface area contributed by atoms with E-state index >= 15 is 0 Å². The summed E-state index contributed by atoms with van der Waals surface area (Å²) in [6.07, 6.45) is 19.9. The van der Waals surface area contributed by atoms with E-state index in [1.165, 1.54) is 89.0 Å². The predicted molar refractivity (Wildman–Crippen MR) is 88.8 cm³/mol. The zero-order chi connectivity index (χ0) is 15.6. The Morgan fingerprint density at radius 1 is 0.667 bits per heavy atom. The van der Waals surface area contributed by atoms with E-state index in [1.807, 2.05) is 0 Å². The van der Waals surface area contributed by atoms with E-state index in [1.54, 1.807) is 0 Å². The van der Waals surface area contributed by atoms with Gasteiger partial charge in [0.2, 0.25) is 5.91 Å². The highest BCUT2D eigenvalue weighted by Gasteiger charge is 1.99. The van der Waals surface area contributed by atoms with Crippen LogP contribution in [0.5, 0.6) is 0 Å². The van der Waals surface area contributed by atoms with Gasteiger partial charge in [0.15, 0.2) is 0 Å². The molecule has 0 rings (SSSR count). The SMILES string of the molecule is CCCCCCCCCCCCCCCCCC(=O)NF. The number of nitrogens with one attached hydrogen (secondary N) is 1. The van der Waals surface area contributed by atoms with Gasteiger partial charge in [0.25, 0.3) is 0 Å². The van der Waals surface area contributed by atoms with Crippen molar-refractivity contribution in [2.75, 3.05) is 0 Å². The molecule has 0 spiro atoms. The van der Waals surface area contributed by atoms with Crippen molar-refractivity contribution in [1.82, 2.24) is 5.54 Å². The molecule has 0 aliphatic carbocycles. The predicted octanol–water partition coefficient (Wildman–Crippen LogP) is 6.25. The summed E-state index contributed by atoms with van der Waals surface area (Å²) < 4.78 is 11.7. The van der Waals surface area contributed by atoms with Gasteiger partial charge in [0.1, 0.15) is 0 Å². The first kappa shape index (κ1) is 20.4. The minimum atomic E-state index is -0.482. The van der Waals surface area contributed by atoms with Crippen molar-refractivity contribution in [3.63, 3.8) is 0 Å². The van der Waals surface area contributed by atoms with Gasteiger partial charge in [0.05, 0.1) is 0 Å². The Balaban J connectivity index is 2.98. The number of carbonyl (C=O) groups is 1. The molecule has 1 amide bonds. The maximum Gasteiger partial charge on any atom is 0.247 e. The fourth-order valence-electron chi connectivity index (χ4n) is 2.70. The number of amides is 1. The number of carbonyl (C=O) groups excluding carboxylic acids is 1. The fourth-order valence-corrected chi connectivity index (χ4v) is 2.70. The van der Waals surface area contributed by atoms with Crippen LogP contribution in [0.2, 0.25) is 0 Å². The lowest BCUT2D eigenvalue weighted by Gasteiger charge is -2.03. The van der Waals surface area contributed by atoms with Gasteiger partial charge in [-0.15, -0.1) is 4.48 Å². The van der Waals surface area contributed by atoms with Gasteiger partial charge in [-0.1, -0.05) is 96.8 Å². The molecule has 0 heterocycles. The standard InChI is InChI=1S/C18H36FNO/c1-2-3-4-5-6-7-8-9-10-11-12-13-14-15-16-17-18(21)20-19/h2-17H2,1H3,(H,20,21). The summed E-state index contributed by atoms with van der Waals surface area (Å²) in [7, 11) is 0. The molecular formula is C18H36FNO. The Morgan fingerprint density at radius 2 is 1.00 bits per heavy atom. The van der Waals surface area contributed by atoms with Gasteiger partial charge in [-0.2, -0.15) is 5.54 Å². The first-order valence-electron chi connectivity index (χ1n) is 9.20. The lowest BCUT2D eigenvalue weighted by molar-refractivity contribution is -0.125. The second kappa shape index (κ2) is 17.5. The largest absolute Gasteiger partial charge is 0.273 e. The van der Waals surface area contributed by atoms with Crippen LogP contribution in [0.25, 0.3) is 0 Å². The van der Waals surface area contributed by atoms with Crippen LogP contribution in [0.3, 0.4) is 0 Å². The Morgan fingerprint density at radius 3 is 1.33 bits per heavy atom. The minimum Gasteiger partial charge on any atom is -0.273 e. The molecule has 0 fully saturated rings. The van der Waals surface area contributed by atoms with E-state index in [2.05, 4.69) is 6.92 Å². The Hall–Kier alpha value is -0.600. The maximum absolute atomic E-state index is 11.7. The van der Waals surface area contributed by atoms with E-state index in [-0.39, 0.29) is 0 Å². The molecule has 0 aromatic rings. The normalized spacial score (nSPS) is 10.8. The molecule has 21 heavy (non-hydrogen) atoms. The Kier molecular flexibility index (Phi) is 17.0. The molecule has 0 saturated heterocycles. The Labute approximate surface area is 131 Å². The highest BCUT2D eigenvalue weighted by atomic mass is 19.2. The summed E-state index contributed by atoms with van der Waals surface area (Å²) in [5.41, 5.74) is 1.18. The smallest absolute Gasteiger partial charge is 0.247 e. The molecule has 1 N–H and O–H groups in total. The van der Waals surface area contributed by atoms with Crippen molar-refractivity contribution in [3.05, 3.63) is 0 Å².